The Labute approximate surface area is 157 Å². The third kappa shape index (κ3) is 2.89. The van der Waals surface area contributed by atoms with Crippen molar-refractivity contribution in [2.45, 2.75) is 20.3 Å². The van der Waals surface area contributed by atoms with E-state index in [2.05, 4.69) is 0 Å². The number of rotatable bonds is 5. The molecule has 4 atom stereocenters. The molecule has 0 unspecified atom stereocenters. The molecular weight excluding hydrogens is 346 g/mol. The Bertz CT molecular complexity index is 857. The van der Waals surface area contributed by atoms with Gasteiger partial charge in [0, 0.05) is 5.56 Å². The quantitative estimate of drug-likeness (QED) is 0.343. The molecule has 0 spiro atoms. The standard InChI is InChI=1S/C21H21NO5/c1-11-3-4-12(2)15(7-11)16(23)10-27-17(24)9-22-20(25)18-13-5-6-14(8-13)19(18)21(22)26/h3-7,13-14,18-19H,8-10H2,1-2H3/t13-,14-,18-,19-/m0/s1. The Balaban J connectivity index is 1.36. The third-order valence-electron chi connectivity index (χ3n) is 5.91. The second-order valence-electron chi connectivity index (χ2n) is 7.66. The van der Waals surface area contributed by atoms with Gasteiger partial charge in [0.25, 0.3) is 0 Å². The van der Waals surface area contributed by atoms with Crippen LogP contribution in [0, 0.1) is 37.5 Å². The van der Waals surface area contributed by atoms with Crippen LogP contribution < -0.4 is 0 Å². The minimum atomic E-state index is -0.740. The van der Waals surface area contributed by atoms with Crippen molar-refractivity contribution in [3.05, 3.63) is 47.0 Å². The highest BCUT2D eigenvalue weighted by Gasteiger charge is 2.59. The molecule has 0 radical (unpaired) electrons. The van der Waals surface area contributed by atoms with E-state index in [-0.39, 0.29) is 41.3 Å². The molecule has 2 aliphatic carbocycles. The number of likely N-dealkylation sites (tertiary alicyclic amines) is 1. The average molecular weight is 367 g/mol. The summed E-state index contributed by atoms with van der Waals surface area (Å²) in [6.45, 7) is 2.87. The molecule has 1 saturated carbocycles. The summed E-state index contributed by atoms with van der Waals surface area (Å²) in [6.07, 6.45) is 4.85. The lowest BCUT2D eigenvalue weighted by Gasteiger charge is -2.16. The molecule has 140 valence electrons. The van der Waals surface area contributed by atoms with E-state index < -0.39 is 19.1 Å². The van der Waals surface area contributed by atoms with Gasteiger partial charge in [-0.25, -0.2) is 0 Å². The van der Waals surface area contributed by atoms with Crippen molar-refractivity contribution < 1.29 is 23.9 Å². The first-order valence-corrected chi connectivity index (χ1v) is 9.16. The predicted molar refractivity (Wildman–Crippen MR) is 95.6 cm³/mol. The molecule has 3 aliphatic rings. The fraction of sp³-hybridized carbons (Fsp3) is 0.429. The maximum atomic E-state index is 12.6. The lowest BCUT2D eigenvalue weighted by Crippen LogP contribution is -2.38. The van der Waals surface area contributed by atoms with Crippen molar-refractivity contribution in [1.29, 1.82) is 0 Å². The average Bonchev–Trinajstić information content (AvgIpc) is 3.31. The van der Waals surface area contributed by atoms with Gasteiger partial charge in [0.2, 0.25) is 17.6 Å². The van der Waals surface area contributed by atoms with Crippen molar-refractivity contribution in [3.8, 4) is 0 Å². The molecule has 1 aromatic carbocycles. The van der Waals surface area contributed by atoms with Gasteiger partial charge in [-0.2, -0.15) is 0 Å². The van der Waals surface area contributed by atoms with E-state index in [1.807, 2.05) is 38.1 Å². The number of imide groups is 1. The molecule has 1 heterocycles. The van der Waals surface area contributed by atoms with Crippen molar-refractivity contribution in [2.75, 3.05) is 13.2 Å². The Morgan fingerprint density at radius 2 is 1.70 bits per heavy atom. The molecule has 0 aromatic heterocycles. The van der Waals surface area contributed by atoms with E-state index in [1.54, 1.807) is 6.07 Å². The summed E-state index contributed by atoms with van der Waals surface area (Å²) in [4.78, 5) is 50.6. The van der Waals surface area contributed by atoms with Gasteiger partial charge in [0.05, 0.1) is 11.8 Å². The molecule has 27 heavy (non-hydrogen) atoms. The first kappa shape index (κ1) is 17.6. The first-order chi connectivity index (χ1) is 12.9. The summed E-state index contributed by atoms with van der Waals surface area (Å²) in [5.74, 6) is -2.10. The van der Waals surface area contributed by atoms with E-state index in [9.17, 15) is 19.2 Å². The van der Waals surface area contributed by atoms with Gasteiger partial charge in [-0.3, -0.25) is 24.1 Å². The number of esters is 1. The van der Waals surface area contributed by atoms with Gasteiger partial charge < -0.3 is 4.74 Å². The number of fused-ring (bicyclic) bond motifs is 5. The second kappa shape index (κ2) is 6.44. The third-order valence-corrected chi connectivity index (χ3v) is 5.91. The summed E-state index contributed by atoms with van der Waals surface area (Å²) in [5.41, 5.74) is 2.26. The molecule has 6 nitrogen and oxygen atoms in total. The number of carbonyl (C=O) groups is 4. The molecule has 1 aromatic rings. The zero-order valence-electron chi connectivity index (χ0n) is 15.3. The topological polar surface area (TPSA) is 80.8 Å². The summed E-state index contributed by atoms with van der Waals surface area (Å²) in [7, 11) is 0. The lowest BCUT2D eigenvalue weighted by molar-refractivity contribution is -0.152. The summed E-state index contributed by atoms with van der Waals surface area (Å²) < 4.78 is 5.05. The van der Waals surface area contributed by atoms with Crippen molar-refractivity contribution >= 4 is 23.6 Å². The van der Waals surface area contributed by atoms with E-state index in [0.29, 0.717) is 5.56 Å². The number of hydrogen-bond acceptors (Lipinski definition) is 5. The summed E-state index contributed by atoms with van der Waals surface area (Å²) in [5, 5.41) is 0. The van der Waals surface area contributed by atoms with Gasteiger partial charge in [0.15, 0.2) is 6.61 Å². The van der Waals surface area contributed by atoms with Crippen LogP contribution in [0.2, 0.25) is 0 Å². The SMILES string of the molecule is Cc1ccc(C)c(C(=O)COC(=O)CN2C(=O)[C@@H]3[C@@H](C2=O)[C@H]2C=C[C@H]3C2)c1. The number of allylic oxidation sites excluding steroid dienone is 2. The monoisotopic (exact) mass is 367 g/mol. The predicted octanol–water partition coefficient (Wildman–Crippen LogP) is 1.84. The van der Waals surface area contributed by atoms with Crippen LogP contribution in [0.3, 0.4) is 0 Å². The molecule has 2 bridgehead atoms. The molecule has 4 rings (SSSR count). The number of benzene rings is 1. The summed E-state index contributed by atoms with van der Waals surface area (Å²) in [6, 6.07) is 5.50. The Morgan fingerprint density at radius 1 is 1.07 bits per heavy atom. The fourth-order valence-corrected chi connectivity index (χ4v) is 4.55. The van der Waals surface area contributed by atoms with Crippen LogP contribution in [0.25, 0.3) is 0 Å². The largest absolute Gasteiger partial charge is 0.456 e. The van der Waals surface area contributed by atoms with Crippen molar-refractivity contribution in [2.24, 2.45) is 23.7 Å². The lowest BCUT2D eigenvalue weighted by atomic mass is 9.85. The number of Topliss-reactive ketones (excluding diaryl/α,β-unsaturated/α-hetero) is 1. The van der Waals surface area contributed by atoms with E-state index in [1.165, 1.54) is 0 Å². The van der Waals surface area contributed by atoms with Gasteiger partial charge in [-0.1, -0.05) is 29.8 Å². The Morgan fingerprint density at radius 3 is 2.33 bits per heavy atom. The highest BCUT2D eigenvalue weighted by atomic mass is 16.5. The normalized spacial score (nSPS) is 28.0. The van der Waals surface area contributed by atoms with Gasteiger partial charge in [-0.05, 0) is 43.7 Å². The zero-order chi connectivity index (χ0) is 19.3. The number of ketones is 1. The van der Waals surface area contributed by atoms with E-state index >= 15 is 0 Å². The zero-order valence-corrected chi connectivity index (χ0v) is 15.3. The highest BCUT2D eigenvalue weighted by Crippen LogP contribution is 2.52. The van der Waals surface area contributed by atoms with Crippen LogP contribution in [0.4, 0.5) is 0 Å². The number of nitrogens with zero attached hydrogens (tertiary/aromatic N) is 1. The number of carbonyl (C=O) groups excluding carboxylic acids is 4. The minimum Gasteiger partial charge on any atom is -0.456 e. The number of ether oxygens (including phenoxy) is 1. The van der Waals surface area contributed by atoms with Crippen LogP contribution in [-0.4, -0.2) is 41.6 Å². The molecular formula is C21H21NO5. The molecule has 2 fully saturated rings. The van der Waals surface area contributed by atoms with Gasteiger partial charge in [-0.15, -0.1) is 0 Å². The van der Waals surface area contributed by atoms with Gasteiger partial charge >= 0.3 is 5.97 Å². The Kier molecular flexibility index (Phi) is 4.21. The van der Waals surface area contributed by atoms with Crippen LogP contribution in [0.1, 0.15) is 27.9 Å². The molecule has 2 amide bonds. The first-order valence-electron chi connectivity index (χ1n) is 9.16. The van der Waals surface area contributed by atoms with Crippen LogP contribution in [0.5, 0.6) is 0 Å². The highest BCUT2D eigenvalue weighted by molar-refractivity contribution is 6.08. The smallest absolute Gasteiger partial charge is 0.326 e. The van der Waals surface area contributed by atoms with Crippen LogP contribution in [0.15, 0.2) is 30.4 Å². The maximum absolute atomic E-state index is 12.6. The van der Waals surface area contributed by atoms with Crippen molar-refractivity contribution in [1.82, 2.24) is 4.90 Å². The van der Waals surface area contributed by atoms with Gasteiger partial charge in [0.1, 0.15) is 6.54 Å². The number of amides is 2. The fourth-order valence-electron chi connectivity index (χ4n) is 4.55. The van der Waals surface area contributed by atoms with Crippen molar-refractivity contribution in [3.63, 3.8) is 0 Å². The molecule has 1 aliphatic heterocycles. The maximum Gasteiger partial charge on any atom is 0.326 e. The van der Waals surface area contributed by atoms with E-state index in [0.717, 1.165) is 22.4 Å². The molecule has 1 saturated heterocycles. The molecule has 0 N–H and O–H groups in total. The molecule has 6 heteroatoms. The summed E-state index contributed by atoms with van der Waals surface area (Å²) >= 11 is 0. The minimum absolute atomic E-state index is 0.100. The Hall–Kier alpha value is -2.76. The number of aryl methyl sites for hydroxylation is 2. The number of hydrogen-bond donors (Lipinski definition) is 0. The van der Waals surface area contributed by atoms with Crippen LogP contribution >= 0.6 is 0 Å². The second-order valence-corrected chi connectivity index (χ2v) is 7.66. The van der Waals surface area contributed by atoms with E-state index in [4.69, 9.17) is 4.74 Å². The van der Waals surface area contributed by atoms with Crippen LogP contribution in [-0.2, 0) is 19.1 Å².